The molecule has 0 aliphatic carbocycles. The molecule has 0 spiro atoms. The van der Waals surface area contributed by atoms with Crippen LogP contribution in [0.3, 0.4) is 0 Å². The second-order valence-corrected chi connectivity index (χ2v) is 5.25. The number of hydrogen-bond donors (Lipinski definition) is 1. The van der Waals surface area contributed by atoms with Crippen molar-refractivity contribution in [2.45, 2.75) is 13.1 Å². The minimum Gasteiger partial charge on any atom is -0.364 e. The summed E-state index contributed by atoms with van der Waals surface area (Å²) in [5.41, 5.74) is 3.02. The number of imidazole rings is 1. The second-order valence-electron chi connectivity index (χ2n) is 5.25. The maximum atomic E-state index is 4.85. The summed E-state index contributed by atoms with van der Waals surface area (Å²) in [5.74, 6) is 0.817. The molecule has 0 unspecified atom stereocenters. The fourth-order valence-corrected chi connectivity index (χ4v) is 2.50. The van der Waals surface area contributed by atoms with Crippen molar-refractivity contribution in [3.8, 4) is 0 Å². The fourth-order valence-electron chi connectivity index (χ4n) is 2.50. The van der Waals surface area contributed by atoms with Gasteiger partial charge in [-0.25, -0.2) is 4.98 Å². The van der Waals surface area contributed by atoms with Crippen LogP contribution in [0.25, 0.3) is 11.0 Å². The van der Waals surface area contributed by atoms with E-state index < -0.39 is 0 Å². The molecular formula is C16H21IN6O. The Morgan fingerprint density at radius 2 is 2.17 bits per heavy atom. The molecule has 0 aliphatic rings. The number of para-hydroxylation sites is 2. The number of aliphatic imine (C=N–C) groups is 1. The molecule has 2 heterocycles. The molecule has 2 aromatic heterocycles. The molecule has 0 fully saturated rings. The van der Waals surface area contributed by atoms with Crippen LogP contribution in [-0.4, -0.2) is 46.2 Å². The summed E-state index contributed by atoms with van der Waals surface area (Å²) in [4.78, 5) is 10.7. The highest BCUT2D eigenvalue weighted by molar-refractivity contribution is 14.0. The zero-order valence-corrected chi connectivity index (χ0v) is 16.0. The van der Waals surface area contributed by atoms with Gasteiger partial charge in [-0.2, -0.15) is 0 Å². The van der Waals surface area contributed by atoms with Crippen LogP contribution in [0.15, 0.2) is 52.4 Å². The van der Waals surface area contributed by atoms with Gasteiger partial charge in [-0.1, -0.05) is 17.3 Å². The minimum atomic E-state index is 0. The first-order valence-corrected chi connectivity index (χ1v) is 7.49. The van der Waals surface area contributed by atoms with E-state index in [1.54, 1.807) is 13.3 Å². The quantitative estimate of drug-likeness (QED) is 0.375. The SMILES string of the molecule is CN=C(NCCn1cnc2ccccc21)N(C)Cc1ccon1.I. The highest BCUT2D eigenvalue weighted by atomic mass is 127. The van der Waals surface area contributed by atoms with E-state index in [1.807, 2.05) is 42.5 Å². The molecule has 128 valence electrons. The van der Waals surface area contributed by atoms with Gasteiger partial charge in [-0.15, -0.1) is 24.0 Å². The monoisotopic (exact) mass is 440 g/mol. The topological polar surface area (TPSA) is 71.5 Å². The molecule has 0 aliphatic heterocycles. The molecule has 3 aromatic rings. The third kappa shape index (κ3) is 4.25. The third-order valence-corrected chi connectivity index (χ3v) is 3.63. The van der Waals surface area contributed by atoms with Gasteiger partial charge in [-0.05, 0) is 12.1 Å². The van der Waals surface area contributed by atoms with Gasteiger partial charge in [-0.3, -0.25) is 4.99 Å². The molecule has 0 saturated carbocycles. The summed E-state index contributed by atoms with van der Waals surface area (Å²) < 4.78 is 6.98. The van der Waals surface area contributed by atoms with Crippen molar-refractivity contribution in [2.24, 2.45) is 4.99 Å². The van der Waals surface area contributed by atoms with Crippen LogP contribution in [-0.2, 0) is 13.1 Å². The van der Waals surface area contributed by atoms with Crippen molar-refractivity contribution in [3.05, 3.63) is 48.6 Å². The van der Waals surface area contributed by atoms with E-state index in [9.17, 15) is 0 Å². The summed E-state index contributed by atoms with van der Waals surface area (Å²) in [7, 11) is 3.74. The van der Waals surface area contributed by atoms with E-state index in [4.69, 9.17) is 4.52 Å². The van der Waals surface area contributed by atoms with Gasteiger partial charge < -0.3 is 19.3 Å². The lowest BCUT2D eigenvalue weighted by molar-refractivity contribution is 0.391. The van der Waals surface area contributed by atoms with Gasteiger partial charge in [0.25, 0.3) is 0 Å². The van der Waals surface area contributed by atoms with Crippen molar-refractivity contribution in [1.29, 1.82) is 0 Å². The summed E-state index contributed by atoms with van der Waals surface area (Å²) in [6.45, 7) is 2.22. The number of fused-ring (bicyclic) bond motifs is 1. The van der Waals surface area contributed by atoms with Crippen LogP contribution >= 0.6 is 24.0 Å². The molecule has 8 heteroatoms. The zero-order chi connectivity index (χ0) is 16.1. The van der Waals surface area contributed by atoms with Crippen LogP contribution in [0, 0.1) is 0 Å². The molecule has 0 saturated heterocycles. The zero-order valence-electron chi connectivity index (χ0n) is 13.7. The van der Waals surface area contributed by atoms with Crippen molar-refractivity contribution in [2.75, 3.05) is 20.6 Å². The number of aromatic nitrogens is 3. The van der Waals surface area contributed by atoms with Crippen molar-refractivity contribution in [1.82, 2.24) is 24.9 Å². The van der Waals surface area contributed by atoms with Gasteiger partial charge in [0, 0.05) is 33.3 Å². The van der Waals surface area contributed by atoms with E-state index in [0.717, 1.165) is 35.8 Å². The van der Waals surface area contributed by atoms with Gasteiger partial charge >= 0.3 is 0 Å². The van der Waals surface area contributed by atoms with E-state index in [1.165, 1.54) is 0 Å². The van der Waals surface area contributed by atoms with Crippen LogP contribution in [0.4, 0.5) is 0 Å². The van der Waals surface area contributed by atoms with Crippen LogP contribution in [0.5, 0.6) is 0 Å². The third-order valence-electron chi connectivity index (χ3n) is 3.63. The molecular weight excluding hydrogens is 419 g/mol. The Morgan fingerprint density at radius 3 is 2.92 bits per heavy atom. The predicted molar refractivity (Wildman–Crippen MR) is 104 cm³/mol. The molecule has 7 nitrogen and oxygen atoms in total. The summed E-state index contributed by atoms with van der Waals surface area (Å²) in [5, 5.41) is 7.27. The number of benzene rings is 1. The Bertz CT molecular complexity index is 783. The first-order chi connectivity index (χ1) is 11.3. The van der Waals surface area contributed by atoms with Gasteiger partial charge in [0.15, 0.2) is 5.96 Å². The number of nitrogens with one attached hydrogen (secondary N) is 1. The molecule has 0 radical (unpaired) electrons. The highest BCUT2D eigenvalue weighted by Gasteiger charge is 2.08. The molecule has 0 amide bonds. The number of guanidine groups is 1. The smallest absolute Gasteiger partial charge is 0.193 e. The van der Waals surface area contributed by atoms with Crippen LogP contribution in [0.2, 0.25) is 0 Å². The lowest BCUT2D eigenvalue weighted by Gasteiger charge is -2.21. The van der Waals surface area contributed by atoms with E-state index in [2.05, 4.69) is 31.1 Å². The molecule has 0 bridgehead atoms. The number of nitrogens with zero attached hydrogens (tertiary/aromatic N) is 5. The lowest BCUT2D eigenvalue weighted by atomic mass is 10.3. The summed E-state index contributed by atoms with van der Waals surface area (Å²) in [6, 6.07) is 9.97. The molecule has 0 atom stereocenters. The number of hydrogen-bond acceptors (Lipinski definition) is 4. The van der Waals surface area contributed by atoms with Crippen molar-refractivity contribution in [3.63, 3.8) is 0 Å². The normalized spacial score (nSPS) is 11.3. The van der Waals surface area contributed by atoms with Crippen molar-refractivity contribution < 1.29 is 4.52 Å². The van der Waals surface area contributed by atoms with Gasteiger partial charge in [0.2, 0.25) is 0 Å². The summed E-state index contributed by atoms with van der Waals surface area (Å²) >= 11 is 0. The standard InChI is InChI=1S/C16H20N6O.HI/c1-17-16(21(2)11-13-7-10-23-20-13)18-8-9-22-12-19-14-5-3-4-6-15(14)22;/h3-7,10,12H,8-9,11H2,1-2H3,(H,17,18);1H. The van der Waals surface area contributed by atoms with Crippen molar-refractivity contribution >= 4 is 41.0 Å². The first-order valence-electron chi connectivity index (χ1n) is 7.49. The molecule has 3 rings (SSSR count). The Kier molecular flexibility index (Phi) is 6.59. The molecule has 1 aromatic carbocycles. The van der Waals surface area contributed by atoms with E-state index >= 15 is 0 Å². The predicted octanol–water partition coefficient (Wildman–Crippen LogP) is 2.35. The average Bonchev–Trinajstić information content (AvgIpc) is 3.21. The highest BCUT2D eigenvalue weighted by Crippen LogP contribution is 2.11. The Hall–Kier alpha value is -2.10. The fraction of sp³-hybridized carbons (Fsp3) is 0.312. The lowest BCUT2D eigenvalue weighted by Crippen LogP contribution is -2.39. The van der Waals surface area contributed by atoms with Crippen LogP contribution in [0.1, 0.15) is 5.69 Å². The maximum Gasteiger partial charge on any atom is 0.193 e. The minimum absolute atomic E-state index is 0. The molecule has 24 heavy (non-hydrogen) atoms. The second kappa shape index (κ2) is 8.67. The molecule has 1 N–H and O–H groups in total. The van der Waals surface area contributed by atoms with Gasteiger partial charge in [0.1, 0.15) is 12.0 Å². The maximum absolute atomic E-state index is 4.85. The largest absolute Gasteiger partial charge is 0.364 e. The van der Waals surface area contributed by atoms with E-state index in [0.29, 0.717) is 6.54 Å². The number of rotatable bonds is 5. The van der Waals surface area contributed by atoms with E-state index in [-0.39, 0.29) is 24.0 Å². The Balaban J connectivity index is 0.00000208. The number of halogens is 1. The summed E-state index contributed by atoms with van der Waals surface area (Å²) in [6.07, 6.45) is 3.44. The average molecular weight is 440 g/mol. The Morgan fingerprint density at radius 1 is 1.33 bits per heavy atom. The van der Waals surface area contributed by atoms with Gasteiger partial charge in [0.05, 0.1) is 23.9 Å². The first kappa shape index (κ1) is 18.2. The van der Waals surface area contributed by atoms with Crippen LogP contribution < -0.4 is 5.32 Å². The Labute approximate surface area is 157 Å².